The summed E-state index contributed by atoms with van der Waals surface area (Å²) in [5.41, 5.74) is 1.14. The number of hydrogen-bond acceptors (Lipinski definition) is 3. The lowest BCUT2D eigenvalue weighted by molar-refractivity contribution is 0.507. The van der Waals surface area contributed by atoms with Gasteiger partial charge in [-0.15, -0.1) is 0 Å². The Kier molecular flexibility index (Phi) is 7.73. The molecule has 0 bridgehead atoms. The number of imidazole rings is 1. The number of pyridine rings is 1. The molecule has 2 N–H and O–H groups in total. The highest BCUT2D eigenvalue weighted by Gasteiger charge is 2.05. The Hall–Kier alpha value is -2.08. The number of nitrogens with one attached hydrogen (secondary N) is 2. The first kappa shape index (κ1) is 19.2. The Balaban J connectivity index is 1.89. The Bertz CT molecular complexity index is 662. The third kappa shape index (κ3) is 6.74. The van der Waals surface area contributed by atoms with Gasteiger partial charge < -0.3 is 15.2 Å². The van der Waals surface area contributed by atoms with Gasteiger partial charge in [-0.25, -0.2) is 15.0 Å². The van der Waals surface area contributed by atoms with Crippen LogP contribution < -0.4 is 10.6 Å². The van der Waals surface area contributed by atoms with Crippen molar-refractivity contribution in [3.05, 3.63) is 47.3 Å². The van der Waals surface area contributed by atoms with Gasteiger partial charge in [0.15, 0.2) is 5.96 Å². The standard InChI is InChI=1S/C18H27ClN6/c1-4-20-18(22-8-7-15-5-6-16(19)23-11-15)24-12-17-21-9-10-25(17)13-14(2)3/h5-6,9-11,14H,4,7-8,12-13H2,1-3H3,(H2,20,22,24). The molecule has 0 aliphatic heterocycles. The van der Waals surface area contributed by atoms with E-state index in [1.165, 1.54) is 0 Å². The zero-order valence-corrected chi connectivity index (χ0v) is 15.9. The highest BCUT2D eigenvalue weighted by molar-refractivity contribution is 6.29. The van der Waals surface area contributed by atoms with Crippen molar-refractivity contribution >= 4 is 17.6 Å². The first-order valence-electron chi connectivity index (χ1n) is 8.71. The monoisotopic (exact) mass is 362 g/mol. The molecule has 0 spiro atoms. The molecular formula is C18H27ClN6. The van der Waals surface area contributed by atoms with Crippen LogP contribution in [0.5, 0.6) is 0 Å². The Morgan fingerprint density at radius 1 is 1.28 bits per heavy atom. The van der Waals surface area contributed by atoms with E-state index >= 15 is 0 Å². The minimum atomic E-state index is 0.517. The smallest absolute Gasteiger partial charge is 0.191 e. The molecule has 0 radical (unpaired) electrons. The second kappa shape index (κ2) is 10.0. The first-order chi connectivity index (χ1) is 12.1. The van der Waals surface area contributed by atoms with Gasteiger partial charge in [0.1, 0.15) is 17.5 Å². The number of nitrogens with zero attached hydrogens (tertiary/aromatic N) is 4. The molecule has 2 aromatic heterocycles. The number of aromatic nitrogens is 3. The summed E-state index contributed by atoms with van der Waals surface area (Å²) < 4.78 is 2.16. The number of halogens is 1. The second-order valence-corrected chi connectivity index (χ2v) is 6.64. The van der Waals surface area contributed by atoms with Crippen molar-refractivity contribution in [3.63, 3.8) is 0 Å². The van der Waals surface area contributed by atoms with E-state index in [4.69, 9.17) is 11.6 Å². The van der Waals surface area contributed by atoms with Crippen LogP contribution >= 0.6 is 11.6 Å². The molecule has 0 saturated carbocycles. The molecule has 25 heavy (non-hydrogen) atoms. The van der Waals surface area contributed by atoms with E-state index in [-0.39, 0.29) is 0 Å². The highest BCUT2D eigenvalue weighted by Crippen LogP contribution is 2.06. The van der Waals surface area contributed by atoms with E-state index < -0.39 is 0 Å². The van der Waals surface area contributed by atoms with E-state index in [9.17, 15) is 0 Å². The SMILES string of the molecule is CCNC(=NCc1nccn1CC(C)C)NCCc1ccc(Cl)nc1. The molecule has 0 aliphatic carbocycles. The average Bonchev–Trinajstić information content (AvgIpc) is 3.01. The quantitative estimate of drug-likeness (QED) is 0.430. The summed E-state index contributed by atoms with van der Waals surface area (Å²) in [6, 6.07) is 3.80. The summed E-state index contributed by atoms with van der Waals surface area (Å²) in [7, 11) is 0. The minimum absolute atomic E-state index is 0.517. The maximum Gasteiger partial charge on any atom is 0.191 e. The molecule has 0 aromatic carbocycles. The zero-order chi connectivity index (χ0) is 18.1. The van der Waals surface area contributed by atoms with Gasteiger partial charge in [0.05, 0.1) is 0 Å². The van der Waals surface area contributed by atoms with Gasteiger partial charge in [-0.2, -0.15) is 0 Å². The molecule has 0 fully saturated rings. The third-order valence-electron chi connectivity index (χ3n) is 3.58. The van der Waals surface area contributed by atoms with Crippen molar-refractivity contribution in [2.24, 2.45) is 10.9 Å². The maximum absolute atomic E-state index is 5.81. The Morgan fingerprint density at radius 3 is 2.80 bits per heavy atom. The fourth-order valence-electron chi connectivity index (χ4n) is 2.42. The van der Waals surface area contributed by atoms with Crippen LogP contribution in [0.25, 0.3) is 0 Å². The molecule has 2 rings (SSSR count). The van der Waals surface area contributed by atoms with Gasteiger partial charge in [-0.1, -0.05) is 31.5 Å². The van der Waals surface area contributed by atoms with Crippen molar-refractivity contribution in [2.75, 3.05) is 13.1 Å². The summed E-state index contributed by atoms with van der Waals surface area (Å²) >= 11 is 5.81. The first-order valence-corrected chi connectivity index (χ1v) is 9.09. The number of hydrogen-bond donors (Lipinski definition) is 2. The number of rotatable bonds is 8. The Labute approximate surface area is 154 Å². The van der Waals surface area contributed by atoms with E-state index in [2.05, 4.69) is 50.9 Å². The molecule has 136 valence electrons. The number of guanidine groups is 1. The van der Waals surface area contributed by atoms with Crippen LogP contribution in [0.15, 0.2) is 35.7 Å². The molecule has 0 aliphatic rings. The van der Waals surface area contributed by atoms with Crippen molar-refractivity contribution in [3.8, 4) is 0 Å². The lowest BCUT2D eigenvalue weighted by Gasteiger charge is -2.12. The predicted molar refractivity (Wildman–Crippen MR) is 103 cm³/mol. The summed E-state index contributed by atoms with van der Waals surface area (Å²) in [6.07, 6.45) is 6.51. The van der Waals surface area contributed by atoms with Crippen molar-refractivity contribution in [1.82, 2.24) is 25.2 Å². The van der Waals surface area contributed by atoms with E-state index in [1.54, 1.807) is 6.20 Å². The molecule has 0 atom stereocenters. The average molecular weight is 363 g/mol. The Morgan fingerprint density at radius 2 is 2.12 bits per heavy atom. The summed E-state index contributed by atoms with van der Waals surface area (Å²) in [5.74, 6) is 2.35. The second-order valence-electron chi connectivity index (χ2n) is 6.25. The van der Waals surface area contributed by atoms with Gasteiger partial charge in [-0.05, 0) is 30.9 Å². The van der Waals surface area contributed by atoms with E-state index in [0.29, 0.717) is 17.6 Å². The fraction of sp³-hybridized carbons (Fsp3) is 0.500. The molecule has 0 amide bonds. The van der Waals surface area contributed by atoms with Gasteiger partial charge >= 0.3 is 0 Å². The van der Waals surface area contributed by atoms with Crippen molar-refractivity contribution in [1.29, 1.82) is 0 Å². The molecule has 0 unspecified atom stereocenters. The predicted octanol–water partition coefficient (Wildman–Crippen LogP) is 2.89. The van der Waals surface area contributed by atoms with Gasteiger partial charge in [-0.3, -0.25) is 0 Å². The third-order valence-corrected chi connectivity index (χ3v) is 3.80. The fourth-order valence-corrected chi connectivity index (χ4v) is 2.53. The van der Waals surface area contributed by atoms with Crippen LogP contribution in [0.2, 0.25) is 5.15 Å². The lowest BCUT2D eigenvalue weighted by Crippen LogP contribution is -2.38. The molecule has 7 heteroatoms. The summed E-state index contributed by atoms with van der Waals surface area (Å²) in [4.78, 5) is 13.2. The van der Waals surface area contributed by atoms with Crippen LogP contribution in [0.3, 0.4) is 0 Å². The van der Waals surface area contributed by atoms with Crippen LogP contribution in [-0.4, -0.2) is 33.6 Å². The molecule has 0 saturated heterocycles. The van der Waals surface area contributed by atoms with Crippen LogP contribution in [0.4, 0.5) is 0 Å². The maximum atomic E-state index is 5.81. The van der Waals surface area contributed by atoms with Crippen LogP contribution in [0.1, 0.15) is 32.2 Å². The zero-order valence-electron chi connectivity index (χ0n) is 15.2. The van der Waals surface area contributed by atoms with Gasteiger partial charge in [0, 0.05) is 38.2 Å². The summed E-state index contributed by atoms with van der Waals surface area (Å²) in [5, 5.41) is 7.13. The van der Waals surface area contributed by atoms with Gasteiger partial charge in [0.25, 0.3) is 0 Å². The highest BCUT2D eigenvalue weighted by atomic mass is 35.5. The van der Waals surface area contributed by atoms with E-state index in [1.807, 2.05) is 24.5 Å². The van der Waals surface area contributed by atoms with Gasteiger partial charge in [0.2, 0.25) is 0 Å². The van der Waals surface area contributed by atoms with Crippen LogP contribution in [0, 0.1) is 5.92 Å². The topological polar surface area (TPSA) is 67.1 Å². The van der Waals surface area contributed by atoms with Crippen LogP contribution in [-0.2, 0) is 19.5 Å². The molecular weight excluding hydrogens is 336 g/mol. The summed E-state index contributed by atoms with van der Waals surface area (Å²) in [6.45, 7) is 9.55. The lowest BCUT2D eigenvalue weighted by atomic mass is 10.2. The molecule has 6 nitrogen and oxygen atoms in total. The minimum Gasteiger partial charge on any atom is -0.357 e. The van der Waals surface area contributed by atoms with Crippen molar-refractivity contribution < 1.29 is 0 Å². The number of aliphatic imine (C=N–C) groups is 1. The largest absolute Gasteiger partial charge is 0.357 e. The normalized spacial score (nSPS) is 11.8. The van der Waals surface area contributed by atoms with E-state index in [0.717, 1.165) is 43.4 Å². The molecule has 2 aromatic rings. The van der Waals surface area contributed by atoms with Crippen molar-refractivity contribution in [2.45, 2.75) is 40.3 Å². The molecule has 2 heterocycles.